The van der Waals surface area contributed by atoms with Crippen LogP contribution in [0.2, 0.25) is 0 Å². The van der Waals surface area contributed by atoms with Gasteiger partial charge in [0, 0.05) is 23.2 Å². The van der Waals surface area contributed by atoms with Crippen LogP contribution in [0.1, 0.15) is 55.8 Å². The first-order valence-electron chi connectivity index (χ1n) is 14.6. The molecule has 2 heterocycles. The number of benzene rings is 3. The first-order chi connectivity index (χ1) is 21.9. The van der Waals surface area contributed by atoms with Gasteiger partial charge in [-0.1, -0.05) is 45.0 Å². The number of halogens is 4. The lowest BCUT2D eigenvalue weighted by Gasteiger charge is -2.15. The van der Waals surface area contributed by atoms with Gasteiger partial charge in [0.2, 0.25) is 0 Å². The molecule has 5 aromatic rings. The summed E-state index contributed by atoms with van der Waals surface area (Å²) >= 11 is 1.35. The van der Waals surface area contributed by atoms with Crippen molar-refractivity contribution in [2.45, 2.75) is 52.3 Å². The fraction of sp³-hybridized carbons (Fsp3) is 0.273. The number of aromatic nitrogens is 4. The van der Waals surface area contributed by atoms with Crippen molar-refractivity contribution in [1.29, 1.82) is 0 Å². The first-order valence-corrected chi connectivity index (χ1v) is 15.4. The van der Waals surface area contributed by atoms with E-state index in [1.165, 1.54) is 58.7 Å². The van der Waals surface area contributed by atoms with Gasteiger partial charge in [-0.15, -0.1) is 29.6 Å². The second kappa shape index (κ2) is 13.7. The van der Waals surface area contributed by atoms with Crippen molar-refractivity contribution in [1.82, 2.24) is 24.6 Å². The predicted molar refractivity (Wildman–Crippen MR) is 168 cm³/mol. The Morgan fingerprint density at radius 1 is 1.04 bits per heavy atom. The van der Waals surface area contributed by atoms with Gasteiger partial charge in [0.05, 0.1) is 11.4 Å². The highest BCUT2D eigenvalue weighted by Crippen LogP contribution is 2.26. The molecule has 2 amide bonds. The van der Waals surface area contributed by atoms with Crippen LogP contribution in [-0.2, 0) is 0 Å². The van der Waals surface area contributed by atoms with Crippen LogP contribution in [0.25, 0.3) is 22.8 Å². The van der Waals surface area contributed by atoms with Gasteiger partial charge < -0.3 is 10.1 Å². The molecular formula is C33H32F4N6O2S. The fourth-order valence-corrected chi connectivity index (χ4v) is 5.79. The normalized spacial score (nSPS) is 12.8. The second-order valence-corrected chi connectivity index (χ2v) is 11.9. The largest absolute Gasteiger partial charge is 0.573 e. The summed E-state index contributed by atoms with van der Waals surface area (Å²) in [5.41, 5.74) is 4.92. The van der Waals surface area contributed by atoms with E-state index in [4.69, 9.17) is 0 Å². The molecular weight excluding hydrogens is 620 g/mol. The van der Waals surface area contributed by atoms with Crippen LogP contribution in [0.5, 0.6) is 5.75 Å². The predicted octanol–water partition coefficient (Wildman–Crippen LogP) is 8.06. The minimum absolute atomic E-state index is 0.0829. The number of ether oxygens (including phenoxy) is 1. The maximum atomic E-state index is 14.0. The molecule has 8 nitrogen and oxygen atoms in total. The number of nitrogens with one attached hydrogen (secondary N) is 1. The van der Waals surface area contributed by atoms with E-state index >= 15 is 0 Å². The van der Waals surface area contributed by atoms with Crippen LogP contribution in [0.15, 0.2) is 83.4 Å². The summed E-state index contributed by atoms with van der Waals surface area (Å²) in [6.45, 7) is 8.40. The zero-order valence-electron chi connectivity index (χ0n) is 25.5. The second-order valence-electron chi connectivity index (χ2n) is 11.1. The van der Waals surface area contributed by atoms with Gasteiger partial charge in [0.1, 0.15) is 17.9 Å². The molecule has 1 N–H and O–H groups in total. The number of thiazole rings is 1. The highest BCUT2D eigenvalue weighted by molar-refractivity contribution is 7.07. The van der Waals surface area contributed by atoms with Crippen molar-refractivity contribution in [3.05, 3.63) is 106 Å². The first kappa shape index (κ1) is 32.6. The van der Waals surface area contributed by atoms with Crippen molar-refractivity contribution in [3.8, 4) is 28.5 Å². The van der Waals surface area contributed by atoms with E-state index in [-0.39, 0.29) is 23.4 Å². The molecule has 2 aromatic heterocycles. The minimum atomic E-state index is -4.76. The molecule has 3 aromatic carbocycles. The molecule has 0 saturated carbocycles. The SMILES string of the molecule is Cc1csc(=NC(=O)NCCC(C)c2ccc(-c3ncn(-c4ccc(OC(F)(F)F)cc4)n3)cc2)n1-c1ccc(F)cc1C(C)C. The number of carbonyl (C=O) groups is 1. The molecule has 0 aliphatic carbocycles. The van der Waals surface area contributed by atoms with Crippen molar-refractivity contribution >= 4 is 17.4 Å². The van der Waals surface area contributed by atoms with Gasteiger partial charge >= 0.3 is 12.4 Å². The summed E-state index contributed by atoms with van der Waals surface area (Å²) in [4.78, 5) is 21.9. The van der Waals surface area contributed by atoms with Gasteiger partial charge in [-0.2, -0.15) is 4.99 Å². The van der Waals surface area contributed by atoms with Gasteiger partial charge in [-0.05, 0) is 78.8 Å². The number of hydrogen-bond donors (Lipinski definition) is 1. The van der Waals surface area contributed by atoms with Gasteiger partial charge in [0.15, 0.2) is 10.6 Å². The Labute approximate surface area is 267 Å². The molecule has 13 heteroatoms. The average molecular weight is 653 g/mol. The van der Waals surface area contributed by atoms with E-state index in [1.54, 1.807) is 6.07 Å². The van der Waals surface area contributed by atoms with E-state index < -0.39 is 12.4 Å². The zero-order chi connectivity index (χ0) is 33.0. The van der Waals surface area contributed by atoms with E-state index in [1.807, 2.05) is 55.0 Å². The summed E-state index contributed by atoms with van der Waals surface area (Å²) in [6, 6.07) is 17.3. The molecule has 5 rings (SSSR count). The topological polar surface area (TPSA) is 86.3 Å². The summed E-state index contributed by atoms with van der Waals surface area (Å²) < 4.78 is 58.5. The molecule has 0 saturated heterocycles. The average Bonchev–Trinajstić information content (AvgIpc) is 3.64. The Balaban J connectivity index is 1.18. The third kappa shape index (κ3) is 7.89. The van der Waals surface area contributed by atoms with Crippen LogP contribution in [0.3, 0.4) is 0 Å². The number of amides is 2. The minimum Gasteiger partial charge on any atom is -0.406 e. The van der Waals surface area contributed by atoms with Crippen molar-refractivity contribution in [3.63, 3.8) is 0 Å². The van der Waals surface area contributed by atoms with Crippen LogP contribution < -0.4 is 14.9 Å². The number of alkyl halides is 3. The van der Waals surface area contributed by atoms with E-state index in [2.05, 4.69) is 32.1 Å². The quantitative estimate of drug-likeness (QED) is 0.163. The van der Waals surface area contributed by atoms with E-state index in [0.29, 0.717) is 29.3 Å². The highest BCUT2D eigenvalue weighted by Gasteiger charge is 2.31. The monoisotopic (exact) mass is 652 g/mol. The smallest absolute Gasteiger partial charge is 0.406 e. The zero-order valence-corrected chi connectivity index (χ0v) is 26.4. The van der Waals surface area contributed by atoms with Crippen molar-refractivity contribution in [2.24, 2.45) is 4.99 Å². The lowest BCUT2D eigenvalue weighted by Crippen LogP contribution is -2.26. The summed E-state index contributed by atoms with van der Waals surface area (Å²) in [7, 11) is 0. The van der Waals surface area contributed by atoms with Gasteiger partial charge in [0.25, 0.3) is 0 Å². The number of urea groups is 1. The lowest BCUT2D eigenvalue weighted by molar-refractivity contribution is -0.274. The van der Waals surface area contributed by atoms with Crippen molar-refractivity contribution < 1.29 is 27.1 Å². The van der Waals surface area contributed by atoms with Gasteiger partial charge in [-0.25, -0.2) is 18.9 Å². The number of aryl methyl sites for hydroxylation is 1. The number of rotatable bonds is 9. The Bertz CT molecular complexity index is 1880. The number of carbonyl (C=O) groups excluding carboxylic acids is 1. The van der Waals surface area contributed by atoms with Crippen LogP contribution in [-0.4, -0.2) is 38.3 Å². The Hall–Kier alpha value is -4.78. The fourth-order valence-electron chi connectivity index (χ4n) is 4.92. The molecule has 1 unspecified atom stereocenters. The third-order valence-corrected chi connectivity index (χ3v) is 8.29. The van der Waals surface area contributed by atoms with E-state index in [9.17, 15) is 22.4 Å². The van der Waals surface area contributed by atoms with Crippen LogP contribution >= 0.6 is 11.3 Å². The number of nitrogens with zero attached hydrogens (tertiary/aromatic N) is 5. The molecule has 0 aliphatic heterocycles. The maximum Gasteiger partial charge on any atom is 0.573 e. The number of hydrogen-bond acceptors (Lipinski definition) is 5. The summed E-state index contributed by atoms with van der Waals surface area (Å²) in [6.07, 6.45) is -2.59. The highest BCUT2D eigenvalue weighted by atomic mass is 32.1. The standard InChI is InChI=1S/C33H32F4N6O2S/c1-20(2)28-17-25(34)9-14-29(28)43-22(4)18-46-32(43)40-31(44)38-16-15-21(3)23-5-7-24(8-6-23)30-39-19-42(41-30)26-10-12-27(13-11-26)45-33(35,36)37/h5-14,17-21H,15-16H2,1-4H3,(H,38,44). The van der Waals surface area contributed by atoms with E-state index in [0.717, 1.165) is 28.1 Å². The molecule has 0 bridgehead atoms. The lowest BCUT2D eigenvalue weighted by atomic mass is 9.96. The van der Waals surface area contributed by atoms with Gasteiger partial charge in [-0.3, -0.25) is 4.57 Å². The molecule has 240 valence electrons. The van der Waals surface area contributed by atoms with Crippen LogP contribution in [0, 0.1) is 12.7 Å². The Kier molecular flexibility index (Phi) is 9.71. The van der Waals surface area contributed by atoms with Crippen molar-refractivity contribution in [2.75, 3.05) is 6.54 Å². The summed E-state index contributed by atoms with van der Waals surface area (Å²) in [5.74, 6) is 0.0616. The molecule has 0 fully saturated rings. The summed E-state index contributed by atoms with van der Waals surface area (Å²) in [5, 5.41) is 9.24. The molecule has 0 spiro atoms. The molecule has 46 heavy (non-hydrogen) atoms. The maximum absolute atomic E-state index is 14.0. The molecule has 1 atom stereocenters. The Morgan fingerprint density at radius 3 is 2.43 bits per heavy atom. The third-order valence-electron chi connectivity index (χ3n) is 7.35. The molecule has 0 aliphatic rings. The van der Waals surface area contributed by atoms with Crippen LogP contribution in [0.4, 0.5) is 22.4 Å². The molecule has 0 radical (unpaired) electrons. The Morgan fingerprint density at radius 2 is 1.76 bits per heavy atom.